The van der Waals surface area contributed by atoms with Crippen molar-refractivity contribution in [3.05, 3.63) is 0 Å². The Balaban J connectivity index is 2.12. The Morgan fingerprint density at radius 2 is 2.19 bits per heavy atom. The van der Waals surface area contributed by atoms with Crippen LogP contribution >= 0.6 is 0 Å². The lowest BCUT2D eigenvalue weighted by Gasteiger charge is -2.17. The van der Waals surface area contributed by atoms with Crippen LogP contribution in [0.4, 0.5) is 4.79 Å². The van der Waals surface area contributed by atoms with E-state index in [1.54, 1.807) is 0 Å². The van der Waals surface area contributed by atoms with Crippen LogP contribution in [0.2, 0.25) is 25.7 Å². The van der Waals surface area contributed by atoms with Crippen molar-refractivity contribution in [1.29, 1.82) is 0 Å². The monoisotopic (exact) mass is 244 g/mol. The van der Waals surface area contributed by atoms with E-state index < -0.39 is 8.07 Å². The zero-order valence-electron chi connectivity index (χ0n) is 10.9. The second-order valence-corrected chi connectivity index (χ2v) is 11.5. The van der Waals surface area contributed by atoms with Gasteiger partial charge in [0.1, 0.15) is 0 Å². The molecule has 0 radical (unpaired) electrons. The Morgan fingerprint density at radius 1 is 1.50 bits per heavy atom. The summed E-state index contributed by atoms with van der Waals surface area (Å²) < 4.78 is 5.18. The summed E-state index contributed by atoms with van der Waals surface area (Å²) in [7, 11) is 0.975. The van der Waals surface area contributed by atoms with Crippen molar-refractivity contribution in [1.82, 2.24) is 10.2 Å². The molecular weight excluding hydrogens is 220 g/mol. The summed E-state index contributed by atoms with van der Waals surface area (Å²) in [5.41, 5.74) is 0. The highest BCUT2D eigenvalue weighted by Crippen LogP contribution is 2.08. The van der Waals surface area contributed by atoms with Crippen molar-refractivity contribution < 1.29 is 9.53 Å². The molecule has 16 heavy (non-hydrogen) atoms. The van der Waals surface area contributed by atoms with Crippen LogP contribution < -0.4 is 5.32 Å². The predicted octanol–water partition coefficient (Wildman–Crippen LogP) is 1.75. The molecule has 1 aliphatic heterocycles. The maximum Gasteiger partial charge on any atom is 0.407 e. The van der Waals surface area contributed by atoms with Gasteiger partial charge in [-0.3, -0.25) is 0 Å². The van der Waals surface area contributed by atoms with E-state index in [1.807, 2.05) is 0 Å². The van der Waals surface area contributed by atoms with Crippen molar-refractivity contribution in [3.63, 3.8) is 0 Å². The fourth-order valence-electron chi connectivity index (χ4n) is 1.71. The maximum atomic E-state index is 11.5. The largest absolute Gasteiger partial charge is 0.450 e. The highest BCUT2D eigenvalue weighted by Gasteiger charge is 2.21. The third kappa shape index (κ3) is 5.51. The lowest BCUT2D eigenvalue weighted by Crippen LogP contribution is -2.37. The van der Waals surface area contributed by atoms with Gasteiger partial charge in [-0.15, -0.1) is 0 Å². The maximum absolute atomic E-state index is 11.5. The number of ether oxygens (including phenoxy) is 1. The molecule has 1 atom stereocenters. The third-order valence-electron chi connectivity index (χ3n) is 2.80. The van der Waals surface area contributed by atoms with Crippen molar-refractivity contribution in [2.75, 3.05) is 26.7 Å². The van der Waals surface area contributed by atoms with Crippen LogP contribution in [0, 0.1) is 0 Å². The summed E-state index contributed by atoms with van der Waals surface area (Å²) >= 11 is 0. The molecule has 0 saturated carbocycles. The molecule has 0 unspecified atom stereocenters. The van der Waals surface area contributed by atoms with Gasteiger partial charge >= 0.3 is 6.09 Å². The minimum Gasteiger partial charge on any atom is -0.450 e. The highest BCUT2D eigenvalue weighted by molar-refractivity contribution is 6.76. The topological polar surface area (TPSA) is 41.6 Å². The predicted molar refractivity (Wildman–Crippen MR) is 68.5 cm³/mol. The molecule has 0 aromatic heterocycles. The minimum atomic E-state index is -1.09. The van der Waals surface area contributed by atoms with Crippen LogP contribution in [0.15, 0.2) is 0 Å². The number of nitrogens with one attached hydrogen (secondary N) is 1. The number of hydrogen-bond donors (Lipinski definition) is 1. The van der Waals surface area contributed by atoms with Gasteiger partial charge in [-0.05, 0) is 26.1 Å². The lowest BCUT2D eigenvalue weighted by atomic mass is 10.3. The first-order chi connectivity index (χ1) is 7.37. The zero-order valence-corrected chi connectivity index (χ0v) is 11.9. The van der Waals surface area contributed by atoms with E-state index in [0.717, 1.165) is 25.6 Å². The molecule has 1 heterocycles. The van der Waals surface area contributed by atoms with Gasteiger partial charge in [0.2, 0.25) is 0 Å². The molecule has 0 spiro atoms. The molecule has 0 aromatic carbocycles. The molecule has 4 nitrogen and oxygen atoms in total. The number of carbonyl (C=O) groups excluding carboxylic acids is 1. The van der Waals surface area contributed by atoms with Crippen LogP contribution in [0.25, 0.3) is 0 Å². The van der Waals surface area contributed by atoms with Gasteiger partial charge in [0.15, 0.2) is 0 Å². The minimum absolute atomic E-state index is 0.251. The molecule has 5 heteroatoms. The van der Waals surface area contributed by atoms with Crippen molar-refractivity contribution >= 4 is 14.2 Å². The molecule has 1 saturated heterocycles. The number of likely N-dealkylation sites (N-methyl/N-ethyl adjacent to an activating group) is 1. The van der Waals surface area contributed by atoms with E-state index in [9.17, 15) is 4.79 Å². The van der Waals surface area contributed by atoms with E-state index in [-0.39, 0.29) is 12.1 Å². The highest BCUT2D eigenvalue weighted by atomic mass is 28.3. The number of hydrogen-bond acceptors (Lipinski definition) is 3. The normalized spacial score (nSPS) is 22.1. The molecule has 1 rings (SSSR count). The van der Waals surface area contributed by atoms with Crippen molar-refractivity contribution in [2.45, 2.75) is 38.1 Å². The van der Waals surface area contributed by atoms with Crippen LogP contribution in [0.3, 0.4) is 0 Å². The first-order valence-electron chi connectivity index (χ1n) is 5.99. The number of carbonyl (C=O) groups is 1. The van der Waals surface area contributed by atoms with Gasteiger partial charge in [-0.2, -0.15) is 0 Å². The van der Waals surface area contributed by atoms with Gasteiger partial charge in [-0.25, -0.2) is 4.79 Å². The van der Waals surface area contributed by atoms with Gasteiger partial charge in [0, 0.05) is 20.7 Å². The lowest BCUT2D eigenvalue weighted by molar-refractivity contribution is 0.148. The first kappa shape index (κ1) is 13.5. The number of rotatable bonds is 4. The van der Waals surface area contributed by atoms with Crippen LogP contribution in [-0.4, -0.2) is 51.9 Å². The summed E-state index contributed by atoms with van der Waals surface area (Å²) in [4.78, 5) is 13.7. The van der Waals surface area contributed by atoms with E-state index in [4.69, 9.17) is 4.74 Å². The average Bonchev–Trinajstić information content (AvgIpc) is 2.48. The molecule has 1 amide bonds. The van der Waals surface area contributed by atoms with Gasteiger partial charge in [0.05, 0.1) is 6.61 Å². The van der Waals surface area contributed by atoms with E-state index >= 15 is 0 Å². The Morgan fingerprint density at radius 3 is 2.69 bits per heavy atom. The van der Waals surface area contributed by atoms with Crippen LogP contribution in [0.1, 0.15) is 6.42 Å². The SMILES string of the molecule is CN1CC[C@@H](NC(=O)OCC[Si](C)(C)C)C1. The van der Waals surface area contributed by atoms with Crippen molar-refractivity contribution in [2.24, 2.45) is 0 Å². The Hall–Kier alpha value is -0.553. The molecule has 0 bridgehead atoms. The molecule has 94 valence electrons. The molecule has 0 aromatic rings. The number of nitrogens with zero attached hydrogens (tertiary/aromatic N) is 1. The quantitative estimate of drug-likeness (QED) is 0.766. The molecule has 1 N–H and O–H groups in total. The second-order valence-electron chi connectivity index (χ2n) is 5.84. The number of alkyl carbamates (subject to hydrolysis) is 1. The summed E-state index contributed by atoms with van der Waals surface area (Å²) in [6.07, 6.45) is 0.776. The number of likely N-dealkylation sites (tertiary alicyclic amines) is 1. The molecular formula is C11H24N2O2Si. The van der Waals surface area contributed by atoms with E-state index in [0.29, 0.717) is 6.61 Å². The Bertz CT molecular complexity index is 241. The molecule has 1 aliphatic rings. The van der Waals surface area contributed by atoms with Crippen molar-refractivity contribution in [3.8, 4) is 0 Å². The van der Waals surface area contributed by atoms with E-state index in [1.165, 1.54) is 0 Å². The summed E-state index contributed by atoms with van der Waals surface area (Å²) in [5, 5.41) is 2.91. The molecule has 1 fully saturated rings. The summed E-state index contributed by atoms with van der Waals surface area (Å²) in [6, 6.07) is 1.30. The summed E-state index contributed by atoms with van der Waals surface area (Å²) in [5.74, 6) is 0. The van der Waals surface area contributed by atoms with Gasteiger partial charge in [0.25, 0.3) is 0 Å². The first-order valence-corrected chi connectivity index (χ1v) is 9.69. The smallest absolute Gasteiger partial charge is 0.407 e. The van der Waals surface area contributed by atoms with Crippen LogP contribution in [0.5, 0.6) is 0 Å². The third-order valence-corrected chi connectivity index (χ3v) is 4.50. The second kappa shape index (κ2) is 5.68. The van der Waals surface area contributed by atoms with Crippen LogP contribution in [-0.2, 0) is 4.74 Å². The molecule has 0 aliphatic carbocycles. The zero-order chi connectivity index (χ0) is 12.2. The number of amides is 1. The van der Waals surface area contributed by atoms with Gasteiger partial charge in [-0.1, -0.05) is 19.6 Å². The fraction of sp³-hybridized carbons (Fsp3) is 0.909. The van der Waals surface area contributed by atoms with E-state index in [2.05, 4.69) is 36.9 Å². The fourth-order valence-corrected chi connectivity index (χ4v) is 2.43. The average molecular weight is 244 g/mol. The van der Waals surface area contributed by atoms with Gasteiger partial charge < -0.3 is 15.0 Å². The Kier molecular flexibility index (Phi) is 4.80. The standard InChI is InChI=1S/C11H24N2O2Si/c1-13-6-5-10(9-13)12-11(14)15-7-8-16(2,3)4/h10H,5-9H2,1-4H3,(H,12,14)/t10-/m1/s1. The Labute approximate surface area is 99.3 Å². The summed E-state index contributed by atoms with van der Waals surface area (Å²) in [6.45, 7) is 9.38.